The zero-order valence-electron chi connectivity index (χ0n) is 12.4. The molecule has 4 nitrogen and oxygen atoms in total. The van der Waals surface area contributed by atoms with Gasteiger partial charge in [-0.1, -0.05) is 37.0 Å². The maximum Gasteiger partial charge on any atom is 0.237 e. The molecule has 2 N–H and O–H groups in total. The second-order valence-electron chi connectivity index (χ2n) is 5.12. The Bertz CT molecular complexity index is 545. The molecule has 1 unspecified atom stereocenters. The van der Waals surface area contributed by atoms with Crippen molar-refractivity contribution < 1.29 is 9.90 Å². The third-order valence-corrected chi connectivity index (χ3v) is 3.68. The topological polar surface area (TPSA) is 52.6 Å². The molecular weight excluding hydrogens is 264 g/mol. The Morgan fingerprint density at radius 2 is 2.24 bits per heavy atom. The molecule has 4 heteroatoms. The fourth-order valence-corrected chi connectivity index (χ4v) is 2.61. The summed E-state index contributed by atoms with van der Waals surface area (Å²) >= 11 is 0. The van der Waals surface area contributed by atoms with Crippen molar-refractivity contribution in [3.8, 4) is 11.8 Å². The predicted octanol–water partition coefficient (Wildman–Crippen LogP) is 1.13. The van der Waals surface area contributed by atoms with Crippen LogP contribution in [0.2, 0.25) is 0 Å². The van der Waals surface area contributed by atoms with Crippen molar-refractivity contribution in [2.45, 2.75) is 32.4 Å². The first kappa shape index (κ1) is 15.6. The monoisotopic (exact) mass is 286 g/mol. The van der Waals surface area contributed by atoms with Crippen LogP contribution < -0.4 is 5.32 Å². The molecule has 1 heterocycles. The smallest absolute Gasteiger partial charge is 0.237 e. The van der Waals surface area contributed by atoms with Gasteiger partial charge in [-0.3, -0.25) is 9.69 Å². The Hall–Kier alpha value is -1.83. The van der Waals surface area contributed by atoms with E-state index in [4.69, 9.17) is 5.11 Å². The minimum atomic E-state index is -0.0581. The minimum absolute atomic E-state index is 0.0581. The van der Waals surface area contributed by atoms with Crippen LogP contribution in [-0.2, 0) is 11.3 Å². The van der Waals surface area contributed by atoms with Crippen LogP contribution in [0.15, 0.2) is 24.3 Å². The van der Waals surface area contributed by atoms with Crippen LogP contribution in [0.3, 0.4) is 0 Å². The van der Waals surface area contributed by atoms with Crippen LogP contribution in [-0.4, -0.2) is 41.7 Å². The molecule has 0 spiro atoms. The number of hydrogen-bond donors (Lipinski definition) is 2. The molecule has 0 aliphatic carbocycles. The van der Waals surface area contributed by atoms with E-state index in [9.17, 15) is 4.79 Å². The number of aliphatic hydroxyl groups excluding tert-OH is 1. The van der Waals surface area contributed by atoms with Crippen LogP contribution >= 0.6 is 0 Å². The first-order valence-corrected chi connectivity index (χ1v) is 7.45. The second kappa shape index (κ2) is 7.82. The highest BCUT2D eigenvalue weighted by Crippen LogP contribution is 2.16. The van der Waals surface area contributed by atoms with Gasteiger partial charge in [0, 0.05) is 31.6 Å². The van der Waals surface area contributed by atoms with Crippen LogP contribution in [0.5, 0.6) is 0 Å². The van der Waals surface area contributed by atoms with Crippen LogP contribution in [0, 0.1) is 11.8 Å². The van der Waals surface area contributed by atoms with E-state index in [0.29, 0.717) is 13.0 Å². The standard InChI is InChI=1S/C17H22N2O2/c1-2-16-17(21)18-10-11-19(16)13-15-9-4-3-7-14(15)8-5-6-12-20/h3-4,7,9,16,20H,2,6,10-13H2,1H3,(H,18,21). The molecule has 0 aromatic heterocycles. The number of carbonyl (C=O) groups excluding carboxylic acids is 1. The highest BCUT2D eigenvalue weighted by Gasteiger charge is 2.28. The molecule has 21 heavy (non-hydrogen) atoms. The Kier molecular flexibility index (Phi) is 5.79. The van der Waals surface area contributed by atoms with Crippen molar-refractivity contribution in [1.29, 1.82) is 0 Å². The van der Waals surface area contributed by atoms with Crippen molar-refractivity contribution in [1.82, 2.24) is 10.2 Å². The van der Waals surface area contributed by atoms with Gasteiger partial charge in [0.1, 0.15) is 0 Å². The number of amides is 1. The zero-order chi connectivity index (χ0) is 15.1. The average Bonchev–Trinajstić information content (AvgIpc) is 2.49. The molecule has 1 fully saturated rings. The fraction of sp³-hybridized carbons (Fsp3) is 0.471. The summed E-state index contributed by atoms with van der Waals surface area (Å²) in [6.45, 7) is 4.42. The molecule has 0 radical (unpaired) electrons. The first-order chi connectivity index (χ1) is 10.3. The molecule has 112 valence electrons. The summed E-state index contributed by atoms with van der Waals surface area (Å²) < 4.78 is 0. The first-order valence-electron chi connectivity index (χ1n) is 7.45. The lowest BCUT2D eigenvalue weighted by molar-refractivity contribution is -0.129. The number of rotatable bonds is 4. The highest BCUT2D eigenvalue weighted by atomic mass is 16.2. The number of hydrogen-bond acceptors (Lipinski definition) is 3. The lowest BCUT2D eigenvalue weighted by Crippen LogP contribution is -2.54. The number of aliphatic hydroxyl groups is 1. The quantitative estimate of drug-likeness (QED) is 0.816. The lowest BCUT2D eigenvalue weighted by Gasteiger charge is -2.34. The molecule has 1 saturated heterocycles. The summed E-state index contributed by atoms with van der Waals surface area (Å²) in [5, 5.41) is 11.7. The van der Waals surface area contributed by atoms with Gasteiger partial charge in [-0.2, -0.15) is 0 Å². The van der Waals surface area contributed by atoms with Crippen molar-refractivity contribution in [2.24, 2.45) is 0 Å². The van der Waals surface area contributed by atoms with Gasteiger partial charge in [0.25, 0.3) is 0 Å². The van der Waals surface area contributed by atoms with Gasteiger partial charge in [0.05, 0.1) is 12.6 Å². The van der Waals surface area contributed by atoms with Crippen molar-refractivity contribution in [3.05, 3.63) is 35.4 Å². The van der Waals surface area contributed by atoms with Gasteiger partial charge in [-0.25, -0.2) is 0 Å². The van der Waals surface area contributed by atoms with Gasteiger partial charge in [0.2, 0.25) is 5.91 Å². The number of benzene rings is 1. The summed E-state index contributed by atoms with van der Waals surface area (Å²) in [4.78, 5) is 14.1. The van der Waals surface area contributed by atoms with Gasteiger partial charge >= 0.3 is 0 Å². The van der Waals surface area contributed by atoms with E-state index in [2.05, 4.69) is 28.1 Å². The normalized spacial score (nSPS) is 18.8. The number of nitrogens with zero attached hydrogens (tertiary/aromatic N) is 1. The summed E-state index contributed by atoms with van der Waals surface area (Å²) in [6.07, 6.45) is 1.29. The molecule has 1 aliphatic heterocycles. The lowest BCUT2D eigenvalue weighted by atomic mass is 10.0. The zero-order valence-corrected chi connectivity index (χ0v) is 12.4. The largest absolute Gasteiger partial charge is 0.395 e. The van der Waals surface area contributed by atoms with Gasteiger partial charge in [-0.05, 0) is 18.1 Å². The fourth-order valence-electron chi connectivity index (χ4n) is 2.61. The third-order valence-electron chi connectivity index (χ3n) is 3.68. The Morgan fingerprint density at radius 1 is 1.43 bits per heavy atom. The van der Waals surface area contributed by atoms with E-state index in [0.717, 1.165) is 30.6 Å². The van der Waals surface area contributed by atoms with E-state index >= 15 is 0 Å². The molecule has 1 aromatic carbocycles. The SMILES string of the molecule is CCC1C(=O)NCCN1Cc1ccccc1C#CCCO. The van der Waals surface area contributed by atoms with E-state index in [1.807, 2.05) is 25.1 Å². The van der Waals surface area contributed by atoms with Crippen molar-refractivity contribution in [3.63, 3.8) is 0 Å². The molecule has 2 rings (SSSR count). The van der Waals surface area contributed by atoms with Crippen molar-refractivity contribution >= 4 is 5.91 Å². The van der Waals surface area contributed by atoms with E-state index in [1.165, 1.54) is 0 Å². The summed E-state index contributed by atoms with van der Waals surface area (Å²) in [7, 11) is 0. The summed E-state index contributed by atoms with van der Waals surface area (Å²) in [5.41, 5.74) is 2.11. The number of piperazine rings is 1. The maximum absolute atomic E-state index is 11.9. The van der Waals surface area contributed by atoms with Gasteiger partial charge in [0.15, 0.2) is 0 Å². The van der Waals surface area contributed by atoms with Crippen LogP contribution in [0.1, 0.15) is 30.9 Å². The molecular formula is C17H22N2O2. The van der Waals surface area contributed by atoms with E-state index in [1.54, 1.807) is 0 Å². The molecule has 1 amide bonds. The summed E-state index contributed by atoms with van der Waals surface area (Å²) in [6, 6.07) is 7.95. The van der Waals surface area contributed by atoms with Crippen LogP contribution in [0.25, 0.3) is 0 Å². The number of nitrogens with one attached hydrogen (secondary N) is 1. The number of carbonyl (C=O) groups is 1. The van der Waals surface area contributed by atoms with E-state index < -0.39 is 0 Å². The predicted molar refractivity (Wildman–Crippen MR) is 82.5 cm³/mol. The van der Waals surface area contributed by atoms with Gasteiger partial charge < -0.3 is 10.4 Å². The third kappa shape index (κ3) is 4.07. The molecule has 0 bridgehead atoms. The minimum Gasteiger partial charge on any atom is -0.395 e. The Labute approximate surface area is 126 Å². The average molecular weight is 286 g/mol. The highest BCUT2D eigenvalue weighted by molar-refractivity contribution is 5.82. The molecule has 1 atom stereocenters. The molecule has 0 saturated carbocycles. The second-order valence-corrected chi connectivity index (χ2v) is 5.12. The Morgan fingerprint density at radius 3 is 3.00 bits per heavy atom. The maximum atomic E-state index is 11.9. The Balaban J connectivity index is 2.15. The van der Waals surface area contributed by atoms with Crippen molar-refractivity contribution in [2.75, 3.05) is 19.7 Å². The summed E-state index contributed by atoms with van der Waals surface area (Å²) in [5.74, 6) is 6.19. The van der Waals surface area contributed by atoms with Gasteiger partial charge in [-0.15, -0.1) is 0 Å². The van der Waals surface area contributed by atoms with Crippen LogP contribution in [0.4, 0.5) is 0 Å². The van der Waals surface area contributed by atoms with E-state index in [-0.39, 0.29) is 18.6 Å². The molecule has 1 aliphatic rings. The molecule has 1 aromatic rings.